The van der Waals surface area contributed by atoms with Gasteiger partial charge in [-0.2, -0.15) is 13.2 Å². The highest BCUT2D eigenvalue weighted by atomic mass is 19.4. The molecule has 3 aromatic carbocycles. The number of nitrogens with one attached hydrogen (secondary N) is 1. The third kappa shape index (κ3) is 5.45. The SMILES string of the molecule is C[C@H]([NH2+][C@H](C(=O)Nc1cccc(C(F)(F)F)c1)c1ccccc1)c1ccccc1. The Bertz CT molecular complexity index is 943. The number of nitrogens with two attached hydrogens (primary N) is 1. The summed E-state index contributed by atoms with van der Waals surface area (Å²) in [5.41, 5.74) is 1.15. The Labute approximate surface area is 167 Å². The summed E-state index contributed by atoms with van der Waals surface area (Å²) in [5, 5.41) is 4.55. The first kappa shape index (κ1) is 20.6. The maximum Gasteiger partial charge on any atom is 0.416 e. The number of halogens is 3. The fourth-order valence-corrected chi connectivity index (χ4v) is 3.16. The monoisotopic (exact) mass is 399 g/mol. The molecule has 0 unspecified atom stereocenters. The van der Waals surface area contributed by atoms with Crippen LogP contribution in [0.3, 0.4) is 0 Å². The van der Waals surface area contributed by atoms with Crippen LogP contribution in [0.5, 0.6) is 0 Å². The van der Waals surface area contributed by atoms with Gasteiger partial charge in [0.05, 0.1) is 5.56 Å². The molecule has 2 atom stereocenters. The molecule has 0 saturated carbocycles. The van der Waals surface area contributed by atoms with E-state index < -0.39 is 17.8 Å². The summed E-state index contributed by atoms with van der Waals surface area (Å²) in [6.45, 7) is 1.99. The van der Waals surface area contributed by atoms with E-state index in [2.05, 4.69) is 5.32 Å². The summed E-state index contributed by atoms with van der Waals surface area (Å²) in [6.07, 6.45) is -4.46. The molecule has 1 amide bonds. The average molecular weight is 399 g/mol. The Morgan fingerprint density at radius 3 is 2.03 bits per heavy atom. The molecule has 6 heteroatoms. The maximum absolute atomic E-state index is 13.0. The molecule has 0 saturated heterocycles. The number of alkyl halides is 3. The number of benzene rings is 3. The van der Waals surface area contributed by atoms with Gasteiger partial charge in [-0.1, -0.05) is 66.7 Å². The summed E-state index contributed by atoms with van der Waals surface area (Å²) >= 11 is 0. The van der Waals surface area contributed by atoms with Gasteiger partial charge >= 0.3 is 6.18 Å². The molecular weight excluding hydrogens is 377 g/mol. The molecule has 0 aliphatic rings. The third-order valence-electron chi connectivity index (χ3n) is 4.71. The molecule has 0 bridgehead atoms. The molecule has 3 nitrogen and oxygen atoms in total. The molecule has 0 aliphatic carbocycles. The summed E-state index contributed by atoms with van der Waals surface area (Å²) < 4.78 is 38.9. The summed E-state index contributed by atoms with van der Waals surface area (Å²) in [6, 6.07) is 23.0. The van der Waals surface area contributed by atoms with Gasteiger partial charge in [-0.05, 0) is 25.1 Å². The van der Waals surface area contributed by atoms with E-state index in [1.807, 2.05) is 72.9 Å². The number of amides is 1. The van der Waals surface area contributed by atoms with Gasteiger partial charge in [-0.15, -0.1) is 0 Å². The Balaban J connectivity index is 1.84. The second-order valence-electron chi connectivity index (χ2n) is 6.85. The Kier molecular flexibility index (Phi) is 6.34. The van der Waals surface area contributed by atoms with E-state index in [1.165, 1.54) is 12.1 Å². The minimum atomic E-state index is -4.46. The van der Waals surface area contributed by atoms with Crippen LogP contribution in [-0.2, 0) is 11.0 Å². The van der Waals surface area contributed by atoms with E-state index in [1.54, 1.807) is 0 Å². The Morgan fingerprint density at radius 1 is 0.862 bits per heavy atom. The first-order valence-corrected chi connectivity index (χ1v) is 9.27. The van der Waals surface area contributed by atoms with E-state index >= 15 is 0 Å². The van der Waals surface area contributed by atoms with E-state index in [4.69, 9.17) is 0 Å². The molecule has 3 N–H and O–H groups in total. The number of hydrogen-bond acceptors (Lipinski definition) is 1. The van der Waals surface area contributed by atoms with Crippen LogP contribution >= 0.6 is 0 Å². The number of carbonyl (C=O) groups is 1. The van der Waals surface area contributed by atoms with E-state index in [0.717, 1.165) is 23.3 Å². The lowest BCUT2D eigenvalue weighted by atomic mass is 10.0. The highest BCUT2D eigenvalue weighted by Crippen LogP contribution is 2.30. The van der Waals surface area contributed by atoms with Crippen molar-refractivity contribution in [2.45, 2.75) is 25.2 Å². The van der Waals surface area contributed by atoms with Gasteiger partial charge in [-0.3, -0.25) is 4.79 Å². The Hall–Kier alpha value is -3.12. The molecule has 0 aliphatic heterocycles. The van der Waals surface area contributed by atoms with Crippen molar-refractivity contribution >= 4 is 11.6 Å². The number of hydrogen-bond donors (Lipinski definition) is 2. The fourth-order valence-electron chi connectivity index (χ4n) is 3.16. The highest BCUT2D eigenvalue weighted by Gasteiger charge is 2.31. The zero-order valence-electron chi connectivity index (χ0n) is 15.9. The van der Waals surface area contributed by atoms with E-state index in [9.17, 15) is 18.0 Å². The lowest BCUT2D eigenvalue weighted by Crippen LogP contribution is -2.87. The third-order valence-corrected chi connectivity index (χ3v) is 4.71. The van der Waals surface area contributed by atoms with Crippen LogP contribution in [0.1, 0.15) is 35.7 Å². The van der Waals surface area contributed by atoms with Crippen LogP contribution in [0.4, 0.5) is 18.9 Å². The zero-order chi connectivity index (χ0) is 20.9. The molecule has 0 heterocycles. The molecule has 0 fully saturated rings. The molecule has 150 valence electrons. The molecule has 0 spiro atoms. The minimum Gasteiger partial charge on any atom is -0.326 e. The molecule has 0 aromatic heterocycles. The van der Waals surface area contributed by atoms with Gasteiger partial charge in [0.2, 0.25) is 0 Å². The summed E-state index contributed by atoms with van der Waals surface area (Å²) in [7, 11) is 0. The lowest BCUT2D eigenvalue weighted by Gasteiger charge is -2.20. The second kappa shape index (κ2) is 8.92. The van der Waals surface area contributed by atoms with Crippen LogP contribution in [-0.4, -0.2) is 5.91 Å². The molecule has 3 rings (SSSR count). The quantitative estimate of drug-likeness (QED) is 0.620. The van der Waals surface area contributed by atoms with Crippen molar-refractivity contribution in [1.82, 2.24) is 0 Å². The number of carbonyl (C=O) groups excluding carboxylic acids is 1. The fraction of sp³-hybridized carbons (Fsp3) is 0.174. The molecule has 29 heavy (non-hydrogen) atoms. The van der Waals surface area contributed by atoms with Crippen LogP contribution in [0, 0.1) is 0 Å². The second-order valence-corrected chi connectivity index (χ2v) is 6.85. The first-order chi connectivity index (χ1) is 13.8. The van der Waals surface area contributed by atoms with Gasteiger partial charge < -0.3 is 10.6 Å². The largest absolute Gasteiger partial charge is 0.416 e. The normalized spacial score (nSPS) is 13.5. The van der Waals surface area contributed by atoms with Crippen LogP contribution in [0.15, 0.2) is 84.9 Å². The Morgan fingerprint density at radius 2 is 1.45 bits per heavy atom. The predicted octanol–water partition coefficient (Wildman–Crippen LogP) is 4.71. The van der Waals surface area contributed by atoms with Crippen LogP contribution in [0.2, 0.25) is 0 Å². The van der Waals surface area contributed by atoms with Crippen molar-refractivity contribution in [1.29, 1.82) is 0 Å². The number of anilines is 1. The molecular formula is C23H22F3N2O+. The van der Waals surface area contributed by atoms with Gasteiger partial charge in [-0.25, -0.2) is 0 Å². The number of rotatable bonds is 6. The van der Waals surface area contributed by atoms with Crippen molar-refractivity contribution in [3.05, 3.63) is 102 Å². The summed E-state index contributed by atoms with van der Waals surface area (Å²) in [5.74, 6) is -0.377. The minimum absolute atomic E-state index is 0.0198. The maximum atomic E-state index is 13.0. The predicted molar refractivity (Wildman–Crippen MR) is 106 cm³/mol. The average Bonchev–Trinajstić information content (AvgIpc) is 2.72. The topological polar surface area (TPSA) is 45.7 Å². The van der Waals surface area contributed by atoms with Crippen LogP contribution in [0.25, 0.3) is 0 Å². The molecule has 3 aromatic rings. The zero-order valence-corrected chi connectivity index (χ0v) is 15.9. The standard InChI is InChI=1S/C23H21F3N2O/c1-16(17-9-4-2-5-10-17)27-21(18-11-6-3-7-12-18)22(29)28-20-14-8-13-19(15-20)23(24,25)26/h2-16,21,27H,1H3,(H,28,29)/p+1/t16-,21-/m0/s1. The van der Waals surface area contributed by atoms with Crippen molar-refractivity contribution in [2.24, 2.45) is 0 Å². The van der Waals surface area contributed by atoms with Gasteiger partial charge in [0.1, 0.15) is 6.04 Å². The summed E-state index contributed by atoms with van der Waals surface area (Å²) in [4.78, 5) is 13.0. The van der Waals surface area contributed by atoms with Crippen LogP contribution < -0.4 is 10.6 Å². The smallest absolute Gasteiger partial charge is 0.326 e. The van der Waals surface area contributed by atoms with Gasteiger partial charge in [0, 0.05) is 16.8 Å². The lowest BCUT2D eigenvalue weighted by molar-refractivity contribution is -0.718. The van der Waals surface area contributed by atoms with Crippen molar-refractivity contribution in [3.63, 3.8) is 0 Å². The molecule has 0 radical (unpaired) electrons. The van der Waals surface area contributed by atoms with Crippen molar-refractivity contribution < 1.29 is 23.3 Å². The van der Waals surface area contributed by atoms with E-state index in [0.29, 0.717) is 0 Å². The first-order valence-electron chi connectivity index (χ1n) is 9.27. The highest BCUT2D eigenvalue weighted by molar-refractivity contribution is 5.94. The van der Waals surface area contributed by atoms with Crippen molar-refractivity contribution in [2.75, 3.05) is 5.32 Å². The number of quaternary nitrogens is 1. The van der Waals surface area contributed by atoms with Gasteiger partial charge in [0.25, 0.3) is 5.91 Å². The van der Waals surface area contributed by atoms with E-state index in [-0.39, 0.29) is 17.6 Å². The van der Waals surface area contributed by atoms with Crippen molar-refractivity contribution in [3.8, 4) is 0 Å². The van der Waals surface area contributed by atoms with Gasteiger partial charge in [0.15, 0.2) is 6.04 Å².